The van der Waals surface area contributed by atoms with Crippen LogP contribution in [0.5, 0.6) is 0 Å². The molecule has 1 unspecified atom stereocenters. The van der Waals surface area contributed by atoms with Crippen molar-refractivity contribution in [2.24, 2.45) is 0 Å². The lowest BCUT2D eigenvalue weighted by Crippen LogP contribution is -2.29. The lowest BCUT2D eigenvalue weighted by Gasteiger charge is -2.19. The number of nitrogens with one attached hydrogen (secondary N) is 2. The minimum atomic E-state index is -0.0486. The van der Waals surface area contributed by atoms with E-state index in [2.05, 4.69) is 27.5 Å². The van der Waals surface area contributed by atoms with Crippen LogP contribution in [0.25, 0.3) is 10.9 Å². The third kappa shape index (κ3) is 4.26. The Bertz CT molecular complexity index is 1180. The maximum absolute atomic E-state index is 12.6. The molecule has 6 heteroatoms. The van der Waals surface area contributed by atoms with Gasteiger partial charge in [0.15, 0.2) is 0 Å². The summed E-state index contributed by atoms with van der Waals surface area (Å²) in [5, 5.41) is 9.37. The first-order valence-electron chi connectivity index (χ1n) is 10.1. The second-order valence-electron chi connectivity index (χ2n) is 7.57. The molecular weight excluding hydrogens is 396 g/mol. The third-order valence-electron chi connectivity index (χ3n) is 5.43. The number of fused-ring (bicyclic) bond motifs is 1. The monoisotopic (exact) mass is 420 g/mol. The van der Waals surface area contributed by atoms with Gasteiger partial charge in [-0.25, -0.2) is 0 Å². The molecule has 1 amide bonds. The van der Waals surface area contributed by atoms with E-state index in [1.807, 2.05) is 67.2 Å². The summed E-state index contributed by atoms with van der Waals surface area (Å²) < 4.78 is 1.88. The SMILES string of the molecule is Cc1cc(C)n(CCC(=O)NCC(c2ccccc2Cl)c2c[nH]c3ccccc23)n1. The standard InChI is InChI=1S/C24H25ClN4O/c1-16-13-17(2)29(28-16)12-11-24(30)27-15-20(18-7-3-5-9-22(18)25)21-14-26-23-10-6-4-8-19(21)23/h3-10,13-14,20,26H,11-12,15H2,1-2H3,(H,27,30). The van der Waals surface area contributed by atoms with Gasteiger partial charge in [-0.3, -0.25) is 9.48 Å². The zero-order valence-electron chi connectivity index (χ0n) is 17.2. The molecule has 0 spiro atoms. The summed E-state index contributed by atoms with van der Waals surface area (Å²) in [6, 6.07) is 18.0. The molecule has 2 aromatic heterocycles. The zero-order chi connectivity index (χ0) is 21.1. The van der Waals surface area contributed by atoms with Crippen molar-refractivity contribution in [1.29, 1.82) is 0 Å². The van der Waals surface area contributed by atoms with Crippen LogP contribution in [0, 0.1) is 13.8 Å². The predicted molar refractivity (Wildman–Crippen MR) is 121 cm³/mol. The van der Waals surface area contributed by atoms with Crippen molar-refractivity contribution in [2.45, 2.75) is 32.7 Å². The van der Waals surface area contributed by atoms with Gasteiger partial charge in [0.05, 0.1) is 5.69 Å². The van der Waals surface area contributed by atoms with E-state index < -0.39 is 0 Å². The summed E-state index contributed by atoms with van der Waals surface area (Å²) in [5.41, 5.74) is 5.22. The molecule has 2 aromatic carbocycles. The van der Waals surface area contributed by atoms with E-state index in [4.69, 9.17) is 11.6 Å². The molecule has 0 aliphatic heterocycles. The van der Waals surface area contributed by atoms with Gasteiger partial charge in [-0.1, -0.05) is 48.0 Å². The number of aryl methyl sites for hydroxylation is 3. The van der Waals surface area contributed by atoms with Crippen LogP contribution in [0.3, 0.4) is 0 Å². The molecule has 1 atom stereocenters. The molecular formula is C24H25ClN4O. The zero-order valence-corrected chi connectivity index (χ0v) is 17.9. The molecule has 2 N–H and O–H groups in total. The lowest BCUT2D eigenvalue weighted by molar-refractivity contribution is -0.121. The molecule has 0 aliphatic carbocycles. The number of rotatable bonds is 7. The van der Waals surface area contributed by atoms with Crippen LogP contribution >= 0.6 is 11.6 Å². The Balaban J connectivity index is 1.53. The van der Waals surface area contributed by atoms with Crippen molar-refractivity contribution in [3.8, 4) is 0 Å². The third-order valence-corrected chi connectivity index (χ3v) is 5.78. The number of hydrogen-bond donors (Lipinski definition) is 2. The van der Waals surface area contributed by atoms with Crippen LogP contribution < -0.4 is 5.32 Å². The van der Waals surface area contributed by atoms with Gasteiger partial charge in [0, 0.05) is 53.2 Å². The van der Waals surface area contributed by atoms with Gasteiger partial charge < -0.3 is 10.3 Å². The number of aromatic nitrogens is 3. The maximum atomic E-state index is 12.6. The van der Waals surface area contributed by atoms with Gasteiger partial charge >= 0.3 is 0 Å². The summed E-state index contributed by atoms with van der Waals surface area (Å²) in [7, 11) is 0. The minimum absolute atomic E-state index is 0.000511. The van der Waals surface area contributed by atoms with E-state index in [0.717, 1.165) is 33.4 Å². The van der Waals surface area contributed by atoms with Crippen molar-refractivity contribution in [1.82, 2.24) is 20.1 Å². The Morgan fingerprint density at radius 2 is 1.90 bits per heavy atom. The second kappa shape index (κ2) is 8.76. The average Bonchev–Trinajstić information content (AvgIpc) is 3.30. The molecule has 4 aromatic rings. The fourth-order valence-electron chi connectivity index (χ4n) is 3.94. The van der Waals surface area contributed by atoms with Crippen molar-refractivity contribution < 1.29 is 4.79 Å². The summed E-state index contributed by atoms with van der Waals surface area (Å²) >= 11 is 6.53. The number of hydrogen-bond acceptors (Lipinski definition) is 2. The number of benzene rings is 2. The summed E-state index contributed by atoms with van der Waals surface area (Å²) in [6.45, 7) is 5.00. The molecule has 2 heterocycles. The van der Waals surface area contributed by atoms with E-state index >= 15 is 0 Å². The van der Waals surface area contributed by atoms with E-state index in [0.29, 0.717) is 24.5 Å². The molecule has 5 nitrogen and oxygen atoms in total. The highest BCUT2D eigenvalue weighted by molar-refractivity contribution is 6.31. The van der Waals surface area contributed by atoms with E-state index in [1.165, 1.54) is 0 Å². The van der Waals surface area contributed by atoms with Crippen molar-refractivity contribution in [3.63, 3.8) is 0 Å². The molecule has 0 aliphatic rings. The Morgan fingerprint density at radius 1 is 1.13 bits per heavy atom. The van der Waals surface area contributed by atoms with Crippen molar-refractivity contribution in [2.75, 3.05) is 6.54 Å². The molecule has 0 fully saturated rings. The smallest absolute Gasteiger partial charge is 0.221 e. The summed E-state index contributed by atoms with van der Waals surface area (Å²) in [4.78, 5) is 15.9. The number of halogens is 1. The first-order chi connectivity index (χ1) is 14.5. The minimum Gasteiger partial charge on any atom is -0.361 e. The van der Waals surface area contributed by atoms with Gasteiger partial charge in [0.2, 0.25) is 5.91 Å². The highest BCUT2D eigenvalue weighted by atomic mass is 35.5. The van der Waals surface area contributed by atoms with Gasteiger partial charge in [-0.15, -0.1) is 0 Å². The number of amides is 1. The number of H-pyrrole nitrogens is 1. The van der Waals surface area contributed by atoms with Crippen LogP contribution in [0.2, 0.25) is 5.02 Å². The fourth-order valence-corrected chi connectivity index (χ4v) is 4.21. The van der Waals surface area contributed by atoms with Crippen LogP contribution in [0.15, 0.2) is 60.8 Å². The number of para-hydroxylation sites is 1. The number of carbonyl (C=O) groups is 1. The highest BCUT2D eigenvalue weighted by Gasteiger charge is 2.21. The van der Waals surface area contributed by atoms with Crippen LogP contribution in [-0.4, -0.2) is 27.2 Å². The average molecular weight is 421 g/mol. The first-order valence-corrected chi connectivity index (χ1v) is 10.5. The Morgan fingerprint density at radius 3 is 2.67 bits per heavy atom. The van der Waals surface area contributed by atoms with Gasteiger partial charge in [0.25, 0.3) is 0 Å². The van der Waals surface area contributed by atoms with Crippen LogP contribution in [0.4, 0.5) is 0 Å². The first kappa shape index (κ1) is 20.2. The maximum Gasteiger partial charge on any atom is 0.221 e. The molecule has 0 saturated heterocycles. The van der Waals surface area contributed by atoms with E-state index in [9.17, 15) is 4.79 Å². The summed E-state index contributed by atoms with van der Waals surface area (Å²) in [6.07, 6.45) is 2.39. The fraction of sp³-hybridized carbons (Fsp3) is 0.250. The van der Waals surface area contributed by atoms with Crippen molar-refractivity contribution >= 4 is 28.4 Å². The van der Waals surface area contributed by atoms with Gasteiger partial charge in [-0.05, 0) is 43.2 Å². The molecule has 0 radical (unpaired) electrons. The Kier molecular flexibility index (Phi) is 5.91. The summed E-state index contributed by atoms with van der Waals surface area (Å²) in [5.74, 6) is -0.0491. The second-order valence-corrected chi connectivity index (χ2v) is 7.98. The molecule has 30 heavy (non-hydrogen) atoms. The van der Waals surface area contributed by atoms with E-state index in [-0.39, 0.29) is 11.8 Å². The predicted octanol–water partition coefficient (Wildman–Crippen LogP) is 4.97. The molecule has 154 valence electrons. The quantitative estimate of drug-likeness (QED) is 0.443. The number of nitrogens with zero attached hydrogens (tertiary/aromatic N) is 2. The number of aromatic amines is 1. The molecule has 0 saturated carbocycles. The van der Waals surface area contributed by atoms with Gasteiger partial charge in [0.1, 0.15) is 0 Å². The van der Waals surface area contributed by atoms with Gasteiger partial charge in [-0.2, -0.15) is 5.10 Å². The molecule has 4 rings (SSSR count). The Labute approximate surface area is 181 Å². The largest absolute Gasteiger partial charge is 0.361 e. The lowest BCUT2D eigenvalue weighted by atomic mass is 9.90. The molecule has 0 bridgehead atoms. The topological polar surface area (TPSA) is 62.7 Å². The van der Waals surface area contributed by atoms with Crippen molar-refractivity contribution in [3.05, 3.63) is 88.3 Å². The Hall–Kier alpha value is -3.05. The normalized spacial score (nSPS) is 12.2. The van der Waals surface area contributed by atoms with E-state index in [1.54, 1.807) is 0 Å². The van der Waals surface area contributed by atoms with Crippen LogP contribution in [-0.2, 0) is 11.3 Å². The number of carbonyl (C=O) groups excluding carboxylic acids is 1. The highest BCUT2D eigenvalue weighted by Crippen LogP contribution is 2.34. The van der Waals surface area contributed by atoms with Crippen LogP contribution in [0.1, 0.15) is 34.9 Å².